The molecule has 0 bridgehead atoms. The fourth-order valence-corrected chi connectivity index (χ4v) is 4.87. The highest BCUT2D eigenvalue weighted by molar-refractivity contribution is 7.90. The van der Waals surface area contributed by atoms with E-state index >= 15 is 0 Å². The molecule has 0 spiro atoms. The van der Waals surface area contributed by atoms with Crippen molar-refractivity contribution in [2.75, 3.05) is 39.5 Å². The largest absolute Gasteiger partial charge is 0.460 e. The molecule has 2 N–H and O–H groups in total. The molecule has 38 heavy (non-hydrogen) atoms. The Balaban J connectivity index is 6.92. The van der Waals surface area contributed by atoms with Gasteiger partial charge in [0.1, 0.15) is 0 Å². The first-order valence-electron chi connectivity index (χ1n) is 9.65. The zero-order valence-electron chi connectivity index (χ0n) is 19.0. The van der Waals surface area contributed by atoms with Gasteiger partial charge >= 0.3 is 35.1 Å². The summed E-state index contributed by atoms with van der Waals surface area (Å²) < 4.78 is 229. The normalized spacial score (nSPS) is 16.4. The van der Waals surface area contributed by atoms with Crippen LogP contribution in [0.4, 0.5) is 57.1 Å². The minimum atomic E-state index is -8.38. The van der Waals surface area contributed by atoms with Crippen LogP contribution in [0.25, 0.3) is 0 Å². The van der Waals surface area contributed by atoms with E-state index in [1.165, 1.54) is 19.0 Å². The van der Waals surface area contributed by atoms with Crippen molar-refractivity contribution in [2.24, 2.45) is 0 Å². The summed E-state index contributed by atoms with van der Waals surface area (Å²) in [5.41, 5.74) is 0. The van der Waals surface area contributed by atoms with Crippen molar-refractivity contribution in [1.29, 1.82) is 0 Å². The second kappa shape index (κ2) is 11.4. The molecule has 0 aromatic rings. The van der Waals surface area contributed by atoms with E-state index in [4.69, 9.17) is 4.55 Å². The van der Waals surface area contributed by atoms with Crippen LogP contribution in [0.1, 0.15) is 12.8 Å². The summed E-state index contributed by atoms with van der Waals surface area (Å²) in [4.78, 5) is 1.17. The first-order valence-corrected chi connectivity index (χ1v) is 12.7. The van der Waals surface area contributed by atoms with Crippen LogP contribution in [0, 0.1) is 0 Å². The summed E-state index contributed by atoms with van der Waals surface area (Å²) in [5.74, 6) is -34.4. The Hall–Kier alpha value is -1.17. The molecule has 0 aromatic carbocycles. The molecule has 8 nitrogen and oxygen atoms in total. The maximum atomic E-state index is 14.5. The van der Waals surface area contributed by atoms with E-state index in [1.807, 2.05) is 0 Å². The fourth-order valence-electron chi connectivity index (χ4n) is 2.70. The summed E-state index contributed by atoms with van der Waals surface area (Å²) >= 11 is 0. The number of aliphatic hydroxyl groups is 1. The number of nitrogens with zero attached hydrogens (tertiary/aromatic N) is 2. The molecule has 0 aliphatic carbocycles. The Morgan fingerprint density at radius 3 is 1.47 bits per heavy atom. The molecule has 0 amide bonds. The van der Waals surface area contributed by atoms with Crippen LogP contribution in [0.5, 0.6) is 0 Å². The molecule has 0 radical (unpaired) electrons. The van der Waals surface area contributed by atoms with Gasteiger partial charge in [-0.3, -0.25) is 4.55 Å². The van der Waals surface area contributed by atoms with Gasteiger partial charge in [-0.1, -0.05) is 0 Å². The van der Waals surface area contributed by atoms with Gasteiger partial charge in [0, 0.05) is 12.6 Å². The first-order chi connectivity index (χ1) is 16.5. The van der Waals surface area contributed by atoms with Gasteiger partial charge < -0.3 is 10.0 Å². The molecule has 0 heterocycles. The Bertz CT molecular complexity index is 1020. The SMILES string of the molecule is CN(C)CCC(CO)N(CCCS(=O)(=O)O)S(=O)(=O)C(F)(F)C(F)(F)C(F)(F)C(F)(F)C(F)(F)C(F)(F)F. The highest BCUT2D eigenvalue weighted by atomic mass is 32.2. The summed E-state index contributed by atoms with van der Waals surface area (Å²) in [5, 5.41) is 1.81. The minimum Gasteiger partial charge on any atom is -0.395 e. The van der Waals surface area contributed by atoms with Gasteiger partial charge in [0.05, 0.1) is 12.4 Å². The zero-order chi connectivity index (χ0) is 31.0. The van der Waals surface area contributed by atoms with Crippen molar-refractivity contribution in [3.05, 3.63) is 0 Å². The molecule has 1 unspecified atom stereocenters. The maximum Gasteiger partial charge on any atom is 0.460 e. The molecular formula is C15H21F13N2O6S2. The number of alkyl halides is 13. The summed E-state index contributed by atoms with van der Waals surface area (Å²) in [6, 6.07) is -2.30. The Labute approximate surface area is 207 Å². The van der Waals surface area contributed by atoms with Crippen molar-refractivity contribution >= 4 is 20.1 Å². The first kappa shape index (κ1) is 36.8. The monoisotopic (exact) mass is 636 g/mol. The van der Waals surface area contributed by atoms with Gasteiger partial charge in [0.15, 0.2) is 0 Å². The quantitative estimate of drug-likeness (QED) is 0.210. The molecular weight excluding hydrogens is 615 g/mol. The molecule has 230 valence electrons. The second-order valence-electron chi connectivity index (χ2n) is 8.00. The van der Waals surface area contributed by atoms with E-state index in [-0.39, 0.29) is 6.54 Å². The average Bonchev–Trinajstić information content (AvgIpc) is 2.70. The third-order valence-corrected chi connectivity index (χ3v) is 7.65. The van der Waals surface area contributed by atoms with E-state index in [0.717, 1.165) is 0 Å². The second-order valence-corrected chi connectivity index (χ2v) is 11.5. The lowest BCUT2D eigenvalue weighted by Crippen LogP contribution is -2.72. The Kier molecular flexibility index (Phi) is 11.0. The lowest BCUT2D eigenvalue weighted by atomic mass is 9.98. The van der Waals surface area contributed by atoms with Crippen LogP contribution >= 0.6 is 0 Å². The molecule has 1 atom stereocenters. The van der Waals surface area contributed by atoms with Crippen LogP contribution in [0.2, 0.25) is 0 Å². The van der Waals surface area contributed by atoms with Crippen LogP contribution < -0.4 is 0 Å². The van der Waals surface area contributed by atoms with E-state index < -0.39 is 97.4 Å². The molecule has 0 saturated heterocycles. The molecule has 0 saturated carbocycles. The number of sulfonamides is 1. The topological polar surface area (TPSA) is 115 Å². The van der Waals surface area contributed by atoms with Crippen molar-refractivity contribution in [3.63, 3.8) is 0 Å². The molecule has 0 aromatic heterocycles. The van der Waals surface area contributed by atoms with Gasteiger partial charge in [0.2, 0.25) is 0 Å². The van der Waals surface area contributed by atoms with Crippen molar-refractivity contribution in [2.45, 2.75) is 54.0 Å². The van der Waals surface area contributed by atoms with Crippen LogP contribution in [-0.4, -0.2) is 116 Å². The summed E-state index contributed by atoms with van der Waals surface area (Å²) in [6.45, 7) is -3.63. The van der Waals surface area contributed by atoms with E-state index in [1.54, 1.807) is 0 Å². The smallest absolute Gasteiger partial charge is 0.395 e. The predicted molar refractivity (Wildman–Crippen MR) is 101 cm³/mol. The van der Waals surface area contributed by atoms with Crippen molar-refractivity contribution in [3.8, 4) is 0 Å². The number of rotatable bonds is 15. The summed E-state index contributed by atoms with van der Waals surface area (Å²) in [6.07, 6.45) is -9.74. The van der Waals surface area contributed by atoms with Gasteiger partial charge in [-0.05, 0) is 33.5 Å². The number of halogens is 13. The molecule has 23 heteroatoms. The van der Waals surface area contributed by atoms with Gasteiger partial charge in [-0.25, -0.2) is 8.42 Å². The summed E-state index contributed by atoms with van der Waals surface area (Å²) in [7, 11) is -9.98. The third kappa shape index (κ3) is 6.75. The Morgan fingerprint density at radius 2 is 1.13 bits per heavy atom. The van der Waals surface area contributed by atoms with Crippen molar-refractivity contribution < 1.29 is 83.6 Å². The zero-order valence-corrected chi connectivity index (χ0v) is 20.6. The lowest BCUT2D eigenvalue weighted by molar-refractivity contribution is -0.433. The van der Waals surface area contributed by atoms with E-state index in [2.05, 4.69) is 0 Å². The average molecular weight is 636 g/mol. The highest BCUT2D eigenvalue weighted by Gasteiger charge is 2.92. The number of aliphatic hydroxyl groups excluding tert-OH is 1. The number of hydrogen-bond acceptors (Lipinski definition) is 6. The third-order valence-electron chi connectivity index (χ3n) is 4.85. The molecule has 0 aliphatic rings. The van der Waals surface area contributed by atoms with E-state index in [9.17, 15) is 79.0 Å². The van der Waals surface area contributed by atoms with Gasteiger partial charge in [0.25, 0.3) is 20.1 Å². The maximum absolute atomic E-state index is 14.5. The Morgan fingerprint density at radius 1 is 0.711 bits per heavy atom. The predicted octanol–water partition coefficient (Wildman–Crippen LogP) is 2.91. The van der Waals surface area contributed by atoms with Crippen LogP contribution in [0.15, 0.2) is 0 Å². The number of hydrogen-bond donors (Lipinski definition) is 2. The lowest BCUT2D eigenvalue weighted by Gasteiger charge is -2.41. The van der Waals surface area contributed by atoms with E-state index in [0.29, 0.717) is 0 Å². The molecule has 0 aliphatic heterocycles. The van der Waals surface area contributed by atoms with Crippen molar-refractivity contribution in [1.82, 2.24) is 9.21 Å². The fraction of sp³-hybridized carbons (Fsp3) is 1.00. The highest BCUT2D eigenvalue weighted by Crippen LogP contribution is 2.61. The van der Waals surface area contributed by atoms with Gasteiger partial charge in [-0.15, -0.1) is 0 Å². The van der Waals surface area contributed by atoms with Crippen LogP contribution in [-0.2, 0) is 20.1 Å². The molecule has 0 fully saturated rings. The minimum absolute atomic E-state index is 0.371. The van der Waals surface area contributed by atoms with Gasteiger partial charge in [-0.2, -0.15) is 69.8 Å². The standard InChI is InChI=1S/C15H21F13N2O6S2/c1-29(2)6-4-9(8-31)30(5-3-7-37(32,33)34)38(35,36)15(27,28)13(22,23)11(18,19)10(16,17)12(20,21)14(24,25)26/h9,31H,3-8H2,1-2H3,(H,32,33,34). The molecule has 0 rings (SSSR count). The van der Waals surface area contributed by atoms with Crippen LogP contribution in [0.3, 0.4) is 0 Å².